The first-order chi connectivity index (χ1) is 10.6. The molecule has 1 aromatic heterocycles. The van der Waals surface area contributed by atoms with Crippen LogP contribution in [-0.2, 0) is 17.8 Å². The Labute approximate surface area is 128 Å². The van der Waals surface area contributed by atoms with E-state index in [1.807, 2.05) is 36.1 Å². The molecule has 1 aromatic carbocycles. The van der Waals surface area contributed by atoms with Crippen LogP contribution in [0.2, 0.25) is 0 Å². The summed E-state index contributed by atoms with van der Waals surface area (Å²) in [7, 11) is 1.63. The molecule has 1 amide bonds. The molecular weight excluding hydrogens is 282 g/mol. The fourth-order valence-corrected chi connectivity index (χ4v) is 2.74. The van der Waals surface area contributed by atoms with Crippen LogP contribution in [-0.4, -0.2) is 35.7 Å². The largest absolute Gasteiger partial charge is 0.497 e. The van der Waals surface area contributed by atoms with E-state index in [0.29, 0.717) is 6.54 Å². The van der Waals surface area contributed by atoms with Gasteiger partial charge in [0.05, 0.1) is 13.2 Å². The maximum Gasteiger partial charge on any atom is 0.234 e. The molecule has 1 atom stereocenters. The van der Waals surface area contributed by atoms with Gasteiger partial charge in [0, 0.05) is 30.6 Å². The summed E-state index contributed by atoms with van der Waals surface area (Å²) in [6.07, 6.45) is 0.726. The van der Waals surface area contributed by atoms with Crippen LogP contribution in [0.25, 0.3) is 11.3 Å². The lowest BCUT2D eigenvalue weighted by Crippen LogP contribution is -2.44. The fraction of sp³-hybridized carbons (Fsp3) is 0.375. The molecule has 1 aliphatic heterocycles. The van der Waals surface area contributed by atoms with Crippen LogP contribution in [0.4, 0.5) is 0 Å². The second-order valence-corrected chi connectivity index (χ2v) is 5.46. The number of nitrogens with zero attached hydrogens (tertiary/aromatic N) is 2. The number of ether oxygens (including phenoxy) is 1. The monoisotopic (exact) mass is 301 g/mol. The van der Waals surface area contributed by atoms with Gasteiger partial charge in [-0.2, -0.15) is 0 Å². The molecule has 1 unspecified atom stereocenters. The predicted octanol–water partition coefficient (Wildman–Crippen LogP) is 1.58. The van der Waals surface area contributed by atoms with E-state index in [4.69, 9.17) is 15.0 Å². The first-order valence-corrected chi connectivity index (χ1v) is 7.25. The van der Waals surface area contributed by atoms with Crippen LogP contribution >= 0.6 is 0 Å². The van der Waals surface area contributed by atoms with E-state index >= 15 is 0 Å². The number of aromatic nitrogens is 1. The number of carbonyl (C=O) groups excluding carboxylic acids is 1. The molecule has 0 radical (unpaired) electrons. The van der Waals surface area contributed by atoms with Crippen LogP contribution in [0, 0.1) is 0 Å². The highest BCUT2D eigenvalue weighted by molar-refractivity contribution is 5.79. The Kier molecular flexibility index (Phi) is 3.85. The van der Waals surface area contributed by atoms with Crippen molar-refractivity contribution >= 4 is 5.91 Å². The number of hydrogen-bond donors (Lipinski definition) is 1. The van der Waals surface area contributed by atoms with Crippen LogP contribution in [0.5, 0.6) is 5.75 Å². The summed E-state index contributed by atoms with van der Waals surface area (Å²) in [6, 6.07) is 7.40. The fourth-order valence-electron chi connectivity index (χ4n) is 2.74. The van der Waals surface area contributed by atoms with Crippen molar-refractivity contribution in [2.75, 3.05) is 13.7 Å². The third-order valence-electron chi connectivity index (χ3n) is 4.16. The minimum Gasteiger partial charge on any atom is -0.497 e. The van der Waals surface area contributed by atoms with Gasteiger partial charge in [-0.1, -0.05) is 17.3 Å². The highest BCUT2D eigenvalue weighted by Crippen LogP contribution is 2.32. The Bertz CT molecular complexity index is 696. The maximum absolute atomic E-state index is 11.4. The minimum atomic E-state index is -0.317. The second kappa shape index (κ2) is 5.81. The molecule has 116 valence electrons. The topological polar surface area (TPSA) is 81.6 Å². The van der Waals surface area contributed by atoms with Gasteiger partial charge in [-0.15, -0.1) is 0 Å². The molecule has 2 aromatic rings. The number of amides is 1. The van der Waals surface area contributed by atoms with Gasteiger partial charge >= 0.3 is 0 Å². The van der Waals surface area contributed by atoms with Crippen molar-refractivity contribution < 1.29 is 14.1 Å². The molecule has 22 heavy (non-hydrogen) atoms. The smallest absolute Gasteiger partial charge is 0.234 e. The quantitative estimate of drug-likeness (QED) is 0.927. The lowest BCUT2D eigenvalue weighted by molar-refractivity contribution is -0.123. The van der Waals surface area contributed by atoms with E-state index in [9.17, 15) is 4.79 Å². The van der Waals surface area contributed by atoms with E-state index in [1.165, 1.54) is 0 Å². The summed E-state index contributed by atoms with van der Waals surface area (Å²) in [5, 5.41) is 4.21. The molecule has 6 heteroatoms. The van der Waals surface area contributed by atoms with Gasteiger partial charge in [0.1, 0.15) is 17.2 Å². The Hall–Kier alpha value is -2.34. The molecule has 2 N–H and O–H groups in total. The van der Waals surface area contributed by atoms with Crippen LogP contribution < -0.4 is 10.5 Å². The molecule has 2 heterocycles. The number of rotatable bonds is 4. The molecular formula is C16H19N3O3. The molecule has 6 nitrogen and oxygen atoms in total. The third-order valence-corrected chi connectivity index (χ3v) is 4.16. The SMILES string of the molecule is COc1cccc(-c2noc3c2CN(C(C)C(N)=O)CC3)c1. The number of hydrogen-bond acceptors (Lipinski definition) is 5. The molecule has 0 spiro atoms. The van der Waals surface area contributed by atoms with Gasteiger partial charge in [0.15, 0.2) is 0 Å². The van der Waals surface area contributed by atoms with Crippen LogP contribution in [0.15, 0.2) is 28.8 Å². The normalized spacial score (nSPS) is 16.1. The Morgan fingerprint density at radius 2 is 2.32 bits per heavy atom. The molecule has 0 fully saturated rings. The Morgan fingerprint density at radius 3 is 3.05 bits per heavy atom. The zero-order valence-electron chi connectivity index (χ0n) is 12.7. The second-order valence-electron chi connectivity index (χ2n) is 5.46. The maximum atomic E-state index is 11.4. The lowest BCUT2D eigenvalue weighted by atomic mass is 10.00. The van der Waals surface area contributed by atoms with E-state index in [-0.39, 0.29) is 11.9 Å². The van der Waals surface area contributed by atoms with Crippen molar-refractivity contribution in [3.63, 3.8) is 0 Å². The summed E-state index contributed by atoms with van der Waals surface area (Å²) in [4.78, 5) is 13.5. The summed E-state index contributed by atoms with van der Waals surface area (Å²) < 4.78 is 10.7. The standard InChI is InChI=1S/C16H19N3O3/c1-10(16(17)20)19-7-6-14-13(9-19)15(18-22-14)11-4-3-5-12(8-11)21-2/h3-5,8,10H,6-7,9H2,1-2H3,(H2,17,20). The summed E-state index contributed by atoms with van der Waals surface area (Å²) >= 11 is 0. The summed E-state index contributed by atoms with van der Waals surface area (Å²) in [6.45, 7) is 3.17. The van der Waals surface area contributed by atoms with Crippen LogP contribution in [0.3, 0.4) is 0 Å². The number of benzene rings is 1. The van der Waals surface area contributed by atoms with Crippen molar-refractivity contribution in [3.8, 4) is 17.0 Å². The minimum absolute atomic E-state index is 0.304. The van der Waals surface area contributed by atoms with Gasteiger partial charge in [-0.25, -0.2) is 0 Å². The van der Waals surface area contributed by atoms with Crippen molar-refractivity contribution in [3.05, 3.63) is 35.6 Å². The van der Waals surface area contributed by atoms with E-state index in [1.54, 1.807) is 7.11 Å². The van der Waals surface area contributed by atoms with Crippen molar-refractivity contribution in [1.82, 2.24) is 10.1 Å². The van der Waals surface area contributed by atoms with Gasteiger partial charge in [0.25, 0.3) is 0 Å². The summed E-state index contributed by atoms with van der Waals surface area (Å²) in [5.74, 6) is 1.33. The highest BCUT2D eigenvalue weighted by Gasteiger charge is 2.29. The average Bonchev–Trinajstić information content (AvgIpc) is 2.97. The van der Waals surface area contributed by atoms with E-state index < -0.39 is 0 Å². The number of carbonyl (C=O) groups is 1. The predicted molar refractivity (Wildman–Crippen MR) is 81.3 cm³/mol. The van der Waals surface area contributed by atoms with E-state index in [2.05, 4.69) is 5.16 Å². The average molecular weight is 301 g/mol. The Balaban J connectivity index is 1.93. The first kappa shape index (κ1) is 14.6. The number of fused-ring (bicyclic) bond motifs is 1. The van der Waals surface area contributed by atoms with Gasteiger partial charge in [-0.3, -0.25) is 9.69 Å². The number of primary amides is 1. The van der Waals surface area contributed by atoms with Crippen molar-refractivity contribution in [2.45, 2.75) is 25.9 Å². The zero-order chi connectivity index (χ0) is 15.7. The van der Waals surface area contributed by atoms with E-state index in [0.717, 1.165) is 41.3 Å². The molecule has 0 aliphatic carbocycles. The van der Waals surface area contributed by atoms with Crippen molar-refractivity contribution in [1.29, 1.82) is 0 Å². The Morgan fingerprint density at radius 1 is 1.50 bits per heavy atom. The first-order valence-electron chi connectivity index (χ1n) is 7.25. The van der Waals surface area contributed by atoms with Gasteiger partial charge in [0.2, 0.25) is 5.91 Å². The molecule has 0 bridgehead atoms. The van der Waals surface area contributed by atoms with Crippen LogP contribution in [0.1, 0.15) is 18.2 Å². The molecule has 0 saturated heterocycles. The van der Waals surface area contributed by atoms with Gasteiger partial charge < -0.3 is 15.0 Å². The zero-order valence-corrected chi connectivity index (χ0v) is 12.7. The third kappa shape index (κ3) is 2.57. The molecule has 0 saturated carbocycles. The molecule has 3 rings (SSSR count). The number of methoxy groups -OCH3 is 1. The highest BCUT2D eigenvalue weighted by atomic mass is 16.5. The number of nitrogens with two attached hydrogens (primary N) is 1. The van der Waals surface area contributed by atoms with Crippen molar-refractivity contribution in [2.24, 2.45) is 5.73 Å². The molecule has 1 aliphatic rings. The summed E-state index contributed by atoms with van der Waals surface area (Å²) in [5.41, 5.74) is 8.18. The lowest BCUT2D eigenvalue weighted by Gasteiger charge is -2.29. The van der Waals surface area contributed by atoms with Gasteiger partial charge in [-0.05, 0) is 19.1 Å².